The van der Waals surface area contributed by atoms with E-state index in [4.69, 9.17) is 9.16 Å². The van der Waals surface area contributed by atoms with Crippen molar-refractivity contribution >= 4 is 53.8 Å². The molecule has 2 aliphatic rings. The van der Waals surface area contributed by atoms with E-state index in [1.807, 2.05) is 37.8 Å². The molecule has 0 saturated carbocycles. The molecule has 2 amide bonds. The molecule has 2 aliphatic heterocycles. The standard InChI is InChI=1S/C19H23BrN2O5SSi/c1-29(2,3)27-19(25)16-12(9-20)11-28-18-15(17(24)22(16)18)21-14(23)10-26-13-7-5-4-6-8-13/h4-8,15,18H,9-11H2,1-3H3,(H,21,23)/t15?,18-/m1/s1. The van der Waals surface area contributed by atoms with Crippen molar-refractivity contribution in [2.24, 2.45) is 0 Å². The molecule has 10 heteroatoms. The van der Waals surface area contributed by atoms with Crippen LogP contribution in [0.5, 0.6) is 5.75 Å². The third-order valence-corrected chi connectivity index (χ3v) is 7.04. The molecule has 0 bridgehead atoms. The molecule has 3 rings (SSSR count). The van der Waals surface area contributed by atoms with Gasteiger partial charge in [0.15, 0.2) is 6.61 Å². The number of β-lactam (4-membered cyclic amide) rings is 1. The summed E-state index contributed by atoms with van der Waals surface area (Å²) >= 11 is 4.92. The van der Waals surface area contributed by atoms with Gasteiger partial charge in [-0.25, -0.2) is 4.79 Å². The van der Waals surface area contributed by atoms with Gasteiger partial charge in [0.05, 0.1) is 0 Å². The number of carbonyl (C=O) groups is 3. The molecule has 156 valence electrons. The van der Waals surface area contributed by atoms with Gasteiger partial charge in [-0.3, -0.25) is 14.5 Å². The van der Waals surface area contributed by atoms with Gasteiger partial charge in [0.2, 0.25) is 8.32 Å². The summed E-state index contributed by atoms with van der Waals surface area (Å²) in [6.07, 6.45) is 0. The van der Waals surface area contributed by atoms with Crippen molar-refractivity contribution in [1.82, 2.24) is 10.2 Å². The molecule has 29 heavy (non-hydrogen) atoms. The van der Waals surface area contributed by atoms with E-state index in [-0.39, 0.29) is 23.8 Å². The van der Waals surface area contributed by atoms with E-state index in [1.165, 1.54) is 16.7 Å². The maximum absolute atomic E-state index is 12.8. The lowest BCUT2D eigenvalue weighted by molar-refractivity contribution is -0.150. The van der Waals surface area contributed by atoms with Crippen molar-refractivity contribution in [3.63, 3.8) is 0 Å². The van der Waals surface area contributed by atoms with Gasteiger partial charge in [0.25, 0.3) is 11.8 Å². The third kappa shape index (κ3) is 5.04. The normalized spacial score (nSPS) is 21.2. The van der Waals surface area contributed by atoms with Crippen molar-refractivity contribution in [2.75, 3.05) is 17.7 Å². The summed E-state index contributed by atoms with van der Waals surface area (Å²) in [4.78, 5) is 39.2. The van der Waals surface area contributed by atoms with Crippen LogP contribution in [0.2, 0.25) is 19.6 Å². The minimum atomic E-state index is -2.11. The first-order valence-corrected chi connectivity index (χ1v) is 14.7. The number of thioether (sulfide) groups is 1. The minimum absolute atomic E-state index is 0.182. The number of amides is 2. The van der Waals surface area contributed by atoms with Gasteiger partial charge in [-0.05, 0) is 37.3 Å². The van der Waals surface area contributed by atoms with E-state index in [1.54, 1.807) is 12.1 Å². The van der Waals surface area contributed by atoms with Gasteiger partial charge in [0.1, 0.15) is 22.9 Å². The number of nitrogens with zero attached hydrogens (tertiary/aromatic N) is 1. The first-order chi connectivity index (χ1) is 13.7. The SMILES string of the molecule is C[Si](C)(C)OC(=O)C1=C(CBr)CS[C@@H]2C(NC(=O)COc3ccccc3)C(=O)N12. The molecule has 1 unspecified atom stereocenters. The molecule has 0 aromatic heterocycles. The summed E-state index contributed by atoms with van der Waals surface area (Å²) in [6, 6.07) is 8.31. The first kappa shape index (κ1) is 21.9. The molecular weight excluding hydrogens is 476 g/mol. The summed E-state index contributed by atoms with van der Waals surface area (Å²) in [5, 5.41) is 2.88. The molecule has 2 atom stereocenters. The number of nitrogens with one attached hydrogen (secondary N) is 1. The topological polar surface area (TPSA) is 84.9 Å². The average molecular weight is 499 g/mol. The number of hydrogen-bond acceptors (Lipinski definition) is 6. The Kier molecular flexibility index (Phi) is 6.75. The van der Waals surface area contributed by atoms with Gasteiger partial charge in [-0.1, -0.05) is 34.1 Å². The van der Waals surface area contributed by atoms with Gasteiger partial charge in [-0.2, -0.15) is 0 Å². The molecular formula is C19H23BrN2O5SSi. The average Bonchev–Trinajstić information content (AvgIpc) is 2.68. The Morgan fingerprint density at radius 1 is 1.28 bits per heavy atom. The van der Waals surface area contributed by atoms with Crippen molar-refractivity contribution < 1.29 is 23.5 Å². The van der Waals surface area contributed by atoms with E-state index >= 15 is 0 Å². The van der Waals surface area contributed by atoms with Crippen LogP contribution < -0.4 is 10.1 Å². The van der Waals surface area contributed by atoms with Gasteiger partial charge >= 0.3 is 5.97 Å². The molecule has 7 nitrogen and oxygen atoms in total. The largest absolute Gasteiger partial charge is 0.515 e. The lowest BCUT2D eigenvalue weighted by atomic mass is 10.0. The Bertz CT molecular complexity index is 843. The molecule has 1 fully saturated rings. The lowest BCUT2D eigenvalue weighted by Gasteiger charge is -2.49. The Labute approximate surface area is 183 Å². The molecule has 0 spiro atoms. The van der Waals surface area contributed by atoms with Crippen LogP contribution in [0.25, 0.3) is 0 Å². The Balaban J connectivity index is 1.65. The number of rotatable bonds is 7. The highest BCUT2D eigenvalue weighted by Gasteiger charge is 2.54. The van der Waals surface area contributed by atoms with E-state index in [2.05, 4.69) is 21.2 Å². The van der Waals surface area contributed by atoms with Crippen LogP contribution in [0.3, 0.4) is 0 Å². The van der Waals surface area contributed by atoms with Gasteiger partial charge in [0, 0.05) is 11.1 Å². The molecule has 1 aromatic carbocycles. The quantitative estimate of drug-likeness (QED) is 0.353. The van der Waals surface area contributed by atoms with Crippen LogP contribution in [-0.2, 0) is 18.8 Å². The Morgan fingerprint density at radius 2 is 1.97 bits per heavy atom. The second-order valence-corrected chi connectivity index (χ2v) is 13.7. The second kappa shape index (κ2) is 8.93. The zero-order valence-electron chi connectivity index (χ0n) is 16.4. The highest BCUT2D eigenvalue weighted by molar-refractivity contribution is 9.09. The van der Waals surface area contributed by atoms with Crippen LogP contribution in [-0.4, -0.2) is 60.1 Å². The first-order valence-electron chi connectivity index (χ1n) is 9.14. The van der Waals surface area contributed by atoms with Gasteiger partial charge < -0.3 is 14.5 Å². The van der Waals surface area contributed by atoms with Gasteiger partial charge in [-0.15, -0.1) is 11.8 Å². The number of carbonyl (C=O) groups excluding carboxylic acids is 3. The molecule has 1 aromatic rings. The third-order valence-electron chi connectivity index (χ3n) is 4.23. The maximum atomic E-state index is 12.8. The molecule has 0 radical (unpaired) electrons. The van der Waals surface area contributed by atoms with E-state index in [0.717, 1.165) is 5.57 Å². The van der Waals surface area contributed by atoms with Crippen molar-refractivity contribution in [1.29, 1.82) is 0 Å². The second-order valence-electron chi connectivity index (χ2n) is 7.64. The van der Waals surface area contributed by atoms with E-state index in [9.17, 15) is 14.4 Å². The number of para-hydroxylation sites is 1. The summed E-state index contributed by atoms with van der Waals surface area (Å²) in [7, 11) is -2.11. The highest BCUT2D eigenvalue weighted by Crippen LogP contribution is 2.41. The number of alkyl halides is 1. The molecule has 0 aliphatic carbocycles. The zero-order chi connectivity index (χ0) is 21.2. The van der Waals surface area contributed by atoms with Crippen LogP contribution in [0.15, 0.2) is 41.6 Å². The summed E-state index contributed by atoms with van der Waals surface area (Å²) in [5.74, 6) is 0.0140. The number of hydrogen-bond donors (Lipinski definition) is 1. The number of ether oxygens (including phenoxy) is 1. The fraction of sp³-hybridized carbons (Fsp3) is 0.421. The van der Waals surface area contributed by atoms with E-state index in [0.29, 0.717) is 22.5 Å². The monoisotopic (exact) mass is 498 g/mol. The summed E-state index contributed by atoms with van der Waals surface area (Å²) < 4.78 is 11.1. The van der Waals surface area contributed by atoms with E-state index < -0.39 is 20.3 Å². The predicted molar refractivity (Wildman–Crippen MR) is 117 cm³/mol. The Morgan fingerprint density at radius 3 is 2.59 bits per heavy atom. The van der Waals surface area contributed by atoms with Crippen molar-refractivity contribution in [2.45, 2.75) is 31.1 Å². The highest BCUT2D eigenvalue weighted by atomic mass is 79.9. The van der Waals surface area contributed by atoms with Crippen LogP contribution in [0.4, 0.5) is 0 Å². The summed E-state index contributed by atoms with van der Waals surface area (Å²) in [6.45, 7) is 5.57. The Hall–Kier alpha value is -1.78. The zero-order valence-corrected chi connectivity index (χ0v) is 19.8. The fourth-order valence-electron chi connectivity index (χ4n) is 2.98. The lowest BCUT2D eigenvalue weighted by Crippen LogP contribution is -2.71. The maximum Gasteiger partial charge on any atom is 0.341 e. The van der Waals surface area contributed by atoms with Crippen molar-refractivity contribution in [3.8, 4) is 5.75 Å². The fourth-order valence-corrected chi connectivity index (χ4v) is 5.71. The molecule has 1 saturated heterocycles. The van der Waals surface area contributed by atoms with Crippen molar-refractivity contribution in [3.05, 3.63) is 41.6 Å². The predicted octanol–water partition coefficient (Wildman–Crippen LogP) is 2.49. The number of fused-ring (bicyclic) bond motifs is 1. The molecule has 2 heterocycles. The van der Waals surface area contributed by atoms with Crippen LogP contribution >= 0.6 is 27.7 Å². The van der Waals surface area contributed by atoms with Crippen LogP contribution in [0.1, 0.15) is 0 Å². The molecule has 1 N–H and O–H groups in total. The minimum Gasteiger partial charge on any atom is -0.515 e. The number of benzene rings is 1. The number of halogens is 1. The summed E-state index contributed by atoms with van der Waals surface area (Å²) in [5.41, 5.74) is 1.13. The smallest absolute Gasteiger partial charge is 0.341 e. The van der Waals surface area contributed by atoms with Crippen LogP contribution in [0, 0.1) is 0 Å².